The Morgan fingerprint density at radius 2 is 1.60 bits per heavy atom. The zero-order valence-electron chi connectivity index (χ0n) is 9.01. The standard InChI is InChI=1S/C14H17Br/c15-14-10-8-13(9-11-14)12-6-4-2-1-3-5-7-12/h6,8-11H,1-5,7H2. The molecule has 0 atom stereocenters. The number of rotatable bonds is 1. The second-order valence-electron chi connectivity index (χ2n) is 4.19. The van der Waals surface area contributed by atoms with Crippen molar-refractivity contribution in [1.82, 2.24) is 0 Å². The van der Waals surface area contributed by atoms with Gasteiger partial charge in [0, 0.05) is 4.47 Å². The van der Waals surface area contributed by atoms with Gasteiger partial charge in [0.05, 0.1) is 0 Å². The summed E-state index contributed by atoms with van der Waals surface area (Å²) in [6.07, 6.45) is 10.5. The molecule has 0 N–H and O–H groups in total. The summed E-state index contributed by atoms with van der Waals surface area (Å²) in [7, 11) is 0. The average molecular weight is 265 g/mol. The van der Waals surface area contributed by atoms with Crippen LogP contribution in [0, 0.1) is 0 Å². The maximum Gasteiger partial charge on any atom is 0.0175 e. The Hall–Kier alpha value is -0.560. The van der Waals surface area contributed by atoms with Crippen molar-refractivity contribution in [3.05, 3.63) is 40.4 Å². The summed E-state index contributed by atoms with van der Waals surface area (Å²) in [5.41, 5.74) is 2.95. The Bertz CT molecular complexity index is 335. The summed E-state index contributed by atoms with van der Waals surface area (Å²) in [5, 5.41) is 0. The van der Waals surface area contributed by atoms with E-state index in [1.165, 1.54) is 44.1 Å². The van der Waals surface area contributed by atoms with Gasteiger partial charge in [-0.15, -0.1) is 0 Å². The monoisotopic (exact) mass is 264 g/mol. The molecule has 1 aromatic carbocycles. The normalized spacial score (nSPS) is 17.8. The zero-order chi connectivity index (χ0) is 10.5. The minimum Gasteiger partial charge on any atom is -0.0807 e. The second-order valence-corrected chi connectivity index (χ2v) is 5.10. The Morgan fingerprint density at radius 1 is 0.867 bits per heavy atom. The molecule has 0 aromatic heterocycles. The first-order chi connectivity index (χ1) is 7.36. The molecule has 1 aromatic rings. The molecule has 2 rings (SSSR count). The molecule has 0 spiro atoms. The number of halogens is 1. The van der Waals surface area contributed by atoms with Crippen LogP contribution in [0.5, 0.6) is 0 Å². The number of hydrogen-bond donors (Lipinski definition) is 0. The first-order valence-electron chi connectivity index (χ1n) is 5.81. The van der Waals surface area contributed by atoms with Crippen molar-refractivity contribution in [2.75, 3.05) is 0 Å². The highest BCUT2D eigenvalue weighted by Crippen LogP contribution is 2.26. The topological polar surface area (TPSA) is 0 Å². The fourth-order valence-electron chi connectivity index (χ4n) is 2.12. The summed E-state index contributed by atoms with van der Waals surface area (Å²) < 4.78 is 1.16. The van der Waals surface area contributed by atoms with Gasteiger partial charge in [0.2, 0.25) is 0 Å². The summed E-state index contributed by atoms with van der Waals surface area (Å²) >= 11 is 3.48. The molecular formula is C14H17Br. The Morgan fingerprint density at radius 3 is 2.40 bits per heavy atom. The van der Waals surface area contributed by atoms with E-state index < -0.39 is 0 Å². The van der Waals surface area contributed by atoms with Crippen molar-refractivity contribution in [1.29, 1.82) is 0 Å². The lowest BCUT2D eigenvalue weighted by Crippen LogP contribution is -1.90. The van der Waals surface area contributed by atoms with Crippen LogP contribution in [0.1, 0.15) is 44.1 Å². The van der Waals surface area contributed by atoms with Gasteiger partial charge in [-0.2, -0.15) is 0 Å². The first-order valence-corrected chi connectivity index (χ1v) is 6.60. The molecule has 0 nitrogen and oxygen atoms in total. The fourth-order valence-corrected chi connectivity index (χ4v) is 2.38. The molecule has 1 heteroatoms. The van der Waals surface area contributed by atoms with Crippen molar-refractivity contribution in [3.8, 4) is 0 Å². The number of benzene rings is 1. The van der Waals surface area contributed by atoms with Crippen LogP contribution < -0.4 is 0 Å². The third-order valence-corrected chi connectivity index (χ3v) is 3.53. The highest BCUT2D eigenvalue weighted by molar-refractivity contribution is 9.10. The van der Waals surface area contributed by atoms with Crippen LogP contribution in [0.25, 0.3) is 5.57 Å². The molecule has 1 aliphatic rings. The lowest BCUT2D eigenvalue weighted by Gasteiger charge is -2.11. The van der Waals surface area contributed by atoms with E-state index >= 15 is 0 Å². The zero-order valence-corrected chi connectivity index (χ0v) is 10.6. The minimum atomic E-state index is 1.16. The largest absolute Gasteiger partial charge is 0.0807 e. The Balaban J connectivity index is 2.16. The summed E-state index contributed by atoms with van der Waals surface area (Å²) in [4.78, 5) is 0. The van der Waals surface area contributed by atoms with Gasteiger partial charge in [-0.3, -0.25) is 0 Å². The molecule has 80 valence electrons. The third-order valence-electron chi connectivity index (χ3n) is 3.01. The van der Waals surface area contributed by atoms with Crippen LogP contribution in [-0.2, 0) is 0 Å². The van der Waals surface area contributed by atoms with Crippen molar-refractivity contribution >= 4 is 21.5 Å². The van der Waals surface area contributed by atoms with E-state index in [1.807, 2.05) is 0 Å². The van der Waals surface area contributed by atoms with E-state index in [2.05, 4.69) is 46.3 Å². The van der Waals surface area contributed by atoms with Gasteiger partial charge in [-0.25, -0.2) is 0 Å². The smallest absolute Gasteiger partial charge is 0.0175 e. The van der Waals surface area contributed by atoms with E-state index in [1.54, 1.807) is 5.57 Å². The molecule has 0 heterocycles. The first kappa shape index (κ1) is 10.9. The molecule has 15 heavy (non-hydrogen) atoms. The maximum absolute atomic E-state index is 3.48. The van der Waals surface area contributed by atoms with Crippen LogP contribution in [0.3, 0.4) is 0 Å². The lowest BCUT2D eigenvalue weighted by atomic mass is 9.95. The van der Waals surface area contributed by atoms with Crippen molar-refractivity contribution < 1.29 is 0 Å². The van der Waals surface area contributed by atoms with Crippen molar-refractivity contribution in [2.24, 2.45) is 0 Å². The van der Waals surface area contributed by atoms with Gasteiger partial charge in [-0.1, -0.05) is 47.0 Å². The van der Waals surface area contributed by atoms with Crippen LogP contribution in [-0.4, -0.2) is 0 Å². The predicted molar refractivity (Wildman–Crippen MR) is 69.8 cm³/mol. The summed E-state index contributed by atoms with van der Waals surface area (Å²) in [6.45, 7) is 0. The average Bonchev–Trinajstić information content (AvgIpc) is 2.19. The van der Waals surface area contributed by atoms with E-state index in [0.29, 0.717) is 0 Å². The molecule has 0 aliphatic heterocycles. The molecule has 0 saturated carbocycles. The molecule has 0 fully saturated rings. The highest BCUT2D eigenvalue weighted by Gasteiger charge is 2.04. The van der Waals surface area contributed by atoms with E-state index in [9.17, 15) is 0 Å². The minimum absolute atomic E-state index is 1.16. The van der Waals surface area contributed by atoms with Gasteiger partial charge in [0.25, 0.3) is 0 Å². The molecule has 1 aliphatic carbocycles. The molecule has 0 amide bonds. The van der Waals surface area contributed by atoms with Gasteiger partial charge in [0.1, 0.15) is 0 Å². The van der Waals surface area contributed by atoms with Crippen LogP contribution in [0.15, 0.2) is 34.8 Å². The maximum atomic E-state index is 3.48. The molecule has 0 bridgehead atoms. The highest BCUT2D eigenvalue weighted by atomic mass is 79.9. The van der Waals surface area contributed by atoms with E-state index in [0.717, 1.165) is 4.47 Å². The Labute approximate surface area is 101 Å². The fraction of sp³-hybridized carbons (Fsp3) is 0.429. The van der Waals surface area contributed by atoms with Gasteiger partial charge in [0.15, 0.2) is 0 Å². The number of allylic oxidation sites excluding steroid dienone is 2. The summed E-state index contributed by atoms with van der Waals surface area (Å²) in [5.74, 6) is 0. The van der Waals surface area contributed by atoms with Crippen molar-refractivity contribution in [3.63, 3.8) is 0 Å². The van der Waals surface area contributed by atoms with Crippen LogP contribution >= 0.6 is 15.9 Å². The molecule has 0 radical (unpaired) electrons. The molecular weight excluding hydrogens is 248 g/mol. The Kier molecular flexibility index (Phi) is 4.01. The lowest BCUT2D eigenvalue weighted by molar-refractivity contribution is 0.643. The van der Waals surface area contributed by atoms with Crippen LogP contribution in [0.2, 0.25) is 0 Å². The molecule has 0 saturated heterocycles. The predicted octanol–water partition coefficient (Wildman–Crippen LogP) is 5.19. The molecule has 0 unspecified atom stereocenters. The van der Waals surface area contributed by atoms with E-state index in [-0.39, 0.29) is 0 Å². The van der Waals surface area contributed by atoms with Gasteiger partial charge >= 0.3 is 0 Å². The van der Waals surface area contributed by atoms with Crippen molar-refractivity contribution in [2.45, 2.75) is 38.5 Å². The van der Waals surface area contributed by atoms with Gasteiger partial charge < -0.3 is 0 Å². The van der Waals surface area contributed by atoms with Crippen LogP contribution in [0.4, 0.5) is 0 Å². The van der Waals surface area contributed by atoms with E-state index in [4.69, 9.17) is 0 Å². The third kappa shape index (κ3) is 3.20. The second kappa shape index (κ2) is 5.50. The van der Waals surface area contributed by atoms with Gasteiger partial charge in [-0.05, 0) is 49.0 Å². The SMILES string of the molecule is Brc1ccc(C2=CCCCCCC2)cc1. The number of hydrogen-bond acceptors (Lipinski definition) is 0. The quantitative estimate of drug-likeness (QED) is 0.655. The summed E-state index contributed by atoms with van der Waals surface area (Å²) in [6, 6.07) is 8.71.